The van der Waals surface area contributed by atoms with Crippen molar-refractivity contribution >= 4 is 11.8 Å². The van der Waals surface area contributed by atoms with Gasteiger partial charge in [0.05, 0.1) is 12.8 Å². The zero-order valence-corrected chi connectivity index (χ0v) is 15.3. The van der Waals surface area contributed by atoms with Crippen molar-refractivity contribution in [1.29, 1.82) is 0 Å². The maximum absolute atomic E-state index is 12.9. The average molecular weight is 395 g/mol. The minimum absolute atomic E-state index is 0.00577. The van der Waals surface area contributed by atoms with Gasteiger partial charge in [-0.15, -0.1) is 0 Å². The molecule has 2 aliphatic heterocycles. The predicted molar refractivity (Wildman–Crippen MR) is 95.3 cm³/mol. The van der Waals surface area contributed by atoms with Crippen LogP contribution in [-0.4, -0.2) is 52.7 Å². The number of hydrogen-bond acceptors (Lipinski definition) is 8. The van der Waals surface area contributed by atoms with E-state index in [0.29, 0.717) is 6.54 Å². The molecule has 1 saturated heterocycles. The van der Waals surface area contributed by atoms with E-state index in [2.05, 4.69) is 35.5 Å². The topological polar surface area (TPSA) is 88.1 Å². The van der Waals surface area contributed by atoms with Crippen molar-refractivity contribution in [2.75, 3.05) is 37.0 Å². The van der Waals surface area contributed by atoms with E-state index in [1.165, 1.54) is 0 Å². The Bertz CT molecular complexity index is 861. The normalized spacial score (nSPS) is 19.4. The van der Waals surface area contributed by atoms with E-state index in [4.69, 9.17) is 4.74 Å². The third-order valence-electron chi connectivity index (χ3n) is 4.93. The monoisotopic (exact) mass is 395 g/mol. The summed E-state index contributed by atoms with van der Waals surface area (Å²) >= 11 is 0. The van der Waals surface area contributed by atoms with Crippen molar-refractivity contribution in [3.8, 4) is 5.88 Å². The van der Waals surface area contributed by atoms with Gasteiger partial charge in [-0.05, 0) is 19.4 Å². The Balaban J connectivity index is 1.47. The molecule has 28 heavy (non-hydrogen) atoms. The summed E-state index contributed by atoms with van der Waals surface area (Å²) in [5.41, 5.74) is 1.19. The number of halogens is 3. The predicted octanol–water partition coefficient (Wildman–Crippen LogP) is 1.63. The van der Waals surface area contributed by atoms with Crippen LogP contribution in [0.25, 0.3) is 0 Å². The van der Waals surface area contributed by atoms with Gasteiger partial charge in [0, 0.05) is 37.4 Å². The molecule has 0 amide bonds. The van der Waals surface area contributed by atoms with Crippen LogP contribution < -0.4 is 20.3 Å². The first kappa shape index (κ1) is 18.7. The number of ether oxygens (including phenoxy) is 1. The Labute approximate surface area is 159 Å². The summed E-state index contributed by atoms with van der Waals surface area (Å²) in [6.45, 7) is 3.07. The third kappa shape index (κ3) is 3.66. The van der Waals surface area contributed by atoms with Crippen LogP contribution in [0.15, 0.2) is 12.5 Å². The first-order valence-electron chi connectivity index (χ1n) is 8.99. The van der Waals surface area contributed by atoms with Gasteiger partial charge in [0.15, 0.2) is 0 Å². The highest BCUT2D eigenvalue weighted by atomic mass is 19.4. The van der Waals surface area contributed by atoms with E-state index < -0.39 is 17.6 Å². The summed E-state index contributed by atoms with van der Waals surface area (Å²) in [5.74, 6) is 0.560. The van der Waals surface area contributed by atoms with Gasteiger partial charge in [-0.1, -0.05) is 0 Å². The van der Waals surface area contributed by atoms with Crippen molar-refractivity contribution in [3.63, 3.8) is 0 Å². The van der Waals surface area contributed by atoms with E-state index >= 15 is 0 Å². The summed E-state index contributed by atoms with van der Waals surface area (Å²) in [6.07, 6.45) is -0.571. The molecule has 0 spiro atoms. The molecule has 0 aromatic carbocycles. The molecule has 0 radical (unpaired) electrons. The van der Waals surface area contributed by atoms with Crippen molar-refractivity contribution in [2.45, 2.75) is 31.6 Å². The third-order valence-corrected chi connectivity index (χ3v) is 4.93. The Morgan fingerprint density at radius 3 is 2.93 bits per heavy atom. The van der Waals surface area contributed by atoms with Gasteiger partial charge >= 0.3 is 6.18 Å². The highest BCUT2D eigenvalue weighted by Gasteiger charge is 2.36. The second-order valence-electron chi connectivity index (χ2n) is 6.74. The van der Waals surface area contributed by atoms with Crippen molar-refractivity contribution < 1.29 is 17.9 Å². The lowest BCUT2D eigenvalue weighted by Crippen LogP contribution is -2.31. The van der Waals surface area contributed by atoms with E-state index in [-0.39, 0.29) is 12.0 Å². The van der Waals surface area contributed by atoms with Crippen LogP contribution in [-0.2, 0) is 19.1 Å². The lowest BCUT2D eigenvalue weighted by molar-refractivity contribution is -0.139. The number of anilines is 2. The van der Waals surface area contributed by atoms with E-state index in [1.807, 2.05) is 0 Å². The van der Waals surface area contributed by atoms with Gasteiger partial charge in [0.1, 0.15) is 17.7 Å². The zero-order chi connectivity index (χ0) is 19.7. The number of methoxy groups -OCH3 is 1. The minimum Gasteiger partial charge on any atom is -0.480 e. The SMILES string of the molecule is COc1nc(N[C@@H]2CCN(c3ncnc4c3CCNC4)C2)ncc1C(F)(F)F. The lowest BCUT2D eigenvalue weighted by Gasteiger charge is -2.24. The van der Waals surface area contributed by atoms with Crippen LogP contribution in [0, 0.1) is 0 Å². The second-order valence-corrected chi connectivity index (χ2v) is 6.74. The first-order chi connectivity index (χ1) is 13.5. The van der Waals surface area contributed by atoms with Gasteiger partial charge in [0.25, 0.3) is 0 Å². The van der Waals surface area contributed by atoms with Crippen LogP contribution in [0.3, 0.4) is 0 Å². The molecular weight excluding hydrogens is 375 g/mol. The first-order valence-corrected chi connectivity index (χ1v) is 8.99. The smallest absolute Gasteiger partial charge is 0.423 e. The largest absolute Gasteiger partial charge is 0.480 e. The van der Waals surface area contributed by atoms with Crippen LogP contribution in [0.5, 0.6) is 5.88 Å². The number of alkyl halides is 3. The lowest BCUT2D eigenvalue weighted by atomic mass is 10.1. The molecule has 0 unspecified atom stereocenters. The highest BCUT2D eigenvalue weighted by molar-refractivity contribution is 5.51. The average Bonchev–Trinajstić information content (AvgIpc) is 3.14. The number of nitrogens with zero attached hydrogens (tertiary/aromatic N) is 5. The summed E-state index contributed by atoms with van der Waals surface area (Å²) in [6, 6.07) is -0.00577. The fourth-order valence-electron chi connectivity index (χ4n) is 3.58. The molecule has 150 valence electrons. The number of nitrogens with one attached hydrogen (secondary N) is 2. The molecule has 0 saturated carbocycles. The Morgan fingerprint density at radius 2 is 2.14 bits per heavy atom. The molecule has 4 rings (SSSR count). The second kappa shape index (κ2) is 7.38. The van der Waals surface area contributed by atoms with Gasteiger partial charge < -0.3 is 20.3 Å². The van der Waals surface area contributed by atoms with Crippen LogP contribution >= 0.6 is 0 Å². The molecule has 4 heterocycles. The van der Waals surface area contributed by atoms with E-state index in [1.54, 1.807) is 6.33 Å². The fourth-order valence-corrected chi connectivity index (χ4v) is 3.58. The van der Waals surface area contributed by atoms with Crippen LogP contribution in [0.1, 0.15) is 23.2 Å². The Morgan fingerprint density at radius 1 is 1.29 bits per heavy atom. The molecule has 8 nitrogen and oxygen atoms in total. The van der Waals surface area contributed by atoms with E-state index in [9.17, 15) is 13.2 Å². The van der Waals surface area contributed by atoms with Crippen LogP contribution in [0.2, 0.25) is 0 Å². The molecular formula is C17H20F3N7O. The van der Waals surface area contributed by atoms with Crippen molar-refractivity contribution in [2.24, 2.45) is 0 Å². The molecule has 11 heteroatoms. The van der Waals surface area contributed by atoms with Crippen LogP contribution in [0.4, 0.5) is 24.9 Å². The van der Waals surface area contributed by atoms with Crippen molar-refractivity contribution in [1.82, 2.24) is 25.3 Å². The van der Waals surface area contributed by atoms with Gasteiger partial charge in [-0.2, -0.15) is 18.2 Å². The molecule has 0 bridgehead atoms. The molecule has 2 N–H and O–H groups in total. The van der Waals surface area contributed by atoms with Gasteiger partial charge in [-0.25, -0.2) is 15.0 Å². The fraction of sp³-hybridized carbons (Fsp3) is 0.529. The van der Waals surface area contributed by atoms with Crippen molar-refractivity contribution in [3.05, 3.63) is 29.3 Å². The Kier molecular flexibility index (Phi) is 4.92. The summed E-state index contributed by atoms with van der Waals surface area (Å²) < 4.78 is 43.6. The summed E-state index contributed by atoms with van der Waals surface area (Å²) in [4.78, 5) is 18.7. The number of hydrogen-bond donors (Lipinski definition) is 2. The number of rotatable bonds is 4. The standard InChI is InChI=1S/C17H20F3N7O/c1-28-15-12(17(18,19)20)6-22-16(26-15)25-10-3-5-27(8-10)14-11-2-4-21-7-13(11)23-9-24-14/h6,9-10,21H,2-5,7-8H2,1H3,(H,22,25,26)/t10-/m1/s1. The summed E-state index contributed by atoms with van der Waals surface area (Å²) in [5, 5.41) is 6.40. The van der Waals surface area contributed by atoms with Gasteiger partial charge in [0.2, 0.25) is 11.8 Å². The molecule has 1 atom stereocenters. The quantitative estimate of drug-likeness (QED) is 0.808. The number of aromatic nitrogens is 4. The minimum atomic E-state index is -4.56. The maximum Gasteiger partial charge on any atom is 0.423 e. The maximum atomic E-state index is 12.9. The zero-order valence-electron chi connectivity index (χ0n) is 15.3. The Hall–Kier alpha value is -2.69. The number of fused-ring (bicyclic) bond motifs is 1. The molecule has 2 aromatic heterocycles. The molecule has 1 fully saturated rings. The molecule has 0 aliphatic carbocycles. The van der Waals surface area contributed by atoms with E-state index in [0.717, 1.165) is 62.9 Å². The molecule has 2 aromatic rings. The highest BCUT2D eigenvalue weighted by Crippen LogP contribution is 2.35. The summed E-state index contributed by atoms with van der Waals surface area (Å²) in [7, 11) is 1.16. The molecule has 2 aliphatic rings. The van der Waals surface area contributed by atoms with Gasteiger partial charge in [-0.3, -0.25) is 0 Å².